The third-order valence-electron chi connectivity index (χ3n) is 2.71. The van der Waals surface area contributed by atoms with E-state index in [1.807, 2.05) is 0 Å². The van der Waals surface area contributed by atoms with Gasteiger partial charge in [-0.25, -0.2) is 0 Å². The molecule has 0 saturated heterocycles. The van der Waals surface area contributed by atoms with Crippen LogP contribution in [0.1, 0.15) is 32.6 Å². The largest absolute Gasteiger partial charge is 0.453 e. The highest BCUT2D eigenvalue weighted by molar-refractivity contribution is 4.90. The van der Waals surface area contributed by atoms with Crippen molar-refractivity contribution in [3.05, 3.63) is 0 Å². The predicted octanol–water partition coefficient (Wildman–Crippen LogP) is 5.58. The van der Waals surface area contributed by atoms with E-state index in [1.165, 1.54) is 6.92 Å². The van der Waals surface area contributed by atoms with Gasteiger partial charge in [0.25, 0.3) is 0 Å². The predicted molar refractivity (Wildman–Crippen MR) is 49.6 cm³/mol. The molecular formula is C10H12F10. The van der Waals surface area contributed by atoms with Crippen LogP contribution >= 0.6 is 0 Å². The third kappa shape index (κ3) is 4.41. The Hall–Kier alpha value is -0.700. The molecule has 0 aliphatic rings. The lowest BCUT2D eigenvalue weighted by Gasteiger charge is -2.31. The average molecular weight is 322 g/mol. The normalized spacial score (nSPS) is 16.4. The van der Waals surface area contributed by atoms with Crippen molar-refractivity contribution >= 4 is 0 Å². The van der Waals surface area contributed by atoms with Gasteiger partial charge in [-0.3, -0.25) is 0 Å². The molecule has 0 aromatic rings. The summed E-state index contributed by atoms with van der Waals surface area (Å²) < 4.78 is 124. The van der Waals surface area contributed by atoms with E-state index in [4.69, 9.17) is 0 Å². The summed E-state index contributed by atoms with van der Waals surface area (Å²) in [5.74, 6) is -14.3. The molecular weight excluding hydrogens is 310 g/mol. The first-order chi connectivity index (χ1) is 8.67. The minimum absolute atomic E-state index is 0.0853. The molecule has 0 rings (SSSR count). The van der Waals surface area contributed by atoms with E-state index >= 15 is 0 Å². The first-order valence-electron chi connectivity index (χ1n) is 5.56. The zero-order chi connectivity index (χ0) is 16.4. The van der Waals surface area contributed by atoms with Gasteiger partial charge in [0.1, 0.15) is 0 Å². The van der Waals surface area contributed by atoms with Crippen LogP contribution in [0.3, 0.4) is 0 Å². The van der Waals surface area contributed by atoms with Crippen LogP contribution in [-0.4, -0.2) is 24.2 Å². The Balaban J connectivity index is 5.29. The Labute approximate surface area is 108 Å². The highest BCUT2D eigenvalue weighted by Gasteiger charge is 2.66. The van der Waals surface area contributed by atoms with Crippen molar-refractivity contribution in [2.24, 2.45) is 5.92 Å². The minimum Gasteiger partial charge on any atom is -0.196 e. The van der Waals surface area contributed by atoms with Crippen LogP contribution in [0.2, 0.25) is 0 Å². The second-order valence-corrected chi connectivity index (χ2v) is 4.37. The fraction of sp³-hybridized carbons (Fsp3) is 1.00. The van der Waals surface area contributed by atoms with E-state index in [-0.39, 0.29) is 12.8 Å². The fourth-order valence-corrected chi connectivity index (χ4v) is 1.52. The molecule has 0 aromatic heterocycles. The molecule has 0 aromatic carbocycles. The van der Waals surface area contributed by atoms with E-state index in [9.17, 15) is 43.9 Å². The molecule has 10 heteroatoms. The Kier molecular flexibility index (Phi) is 5.76. The topological polar surface area (TPSA) is 0 Å². The first-order valence-corrected chi connectivity index (χ1v) is 5.56. The lowest BCUT2D eigenvalue weighted by atomic mass is 9.88. The van der Waals surface area contributed by atoms with Crippen molar-refractivity contribution < 1.29 is 43.9 Å². The molecule has 0 bridgehead atoms. The van der Waals surface area contributed by atoms with Crippen molar-refractivity contribution in [2.45, 2.75) is 56.8 Å². The van der Waals surface area contributed by atoms with E-state index in [0.717, 1.165) is 0 Å². The Morgan fingerprint density at radius 1 is 0.750 bits per heavy atom. The van der Waals surface area contributed by atoms with Crippen LogP contribution in [0, 0.1) is 5.92 Å². The number of unbranched alkanes of at least 4 members (excludes halogenated alkanes) is 1. The van der Waals surface area contributed by atoms with Gasteiger partial charge in [0.15, 0.2) is 0 Å². The van der Waals surface area contributed by atoms with Crippen LogP contribution in [-0.2, 0) is 0 Å². The zero-order valence-electron chi connectivity index (χ0n) is 10.2. The van der Waals surface area contributed by atoms with Gasteiger partial charge in [-0.15, -0.1) is 0 Å². The SMILES string of the molecule is CCCCC(CC(F)(F)C(F)(F)F)C(F)(F)C(F)(F)F. The molecule has 0 N–H and O–H groups in total. The quantitative estimate of drug-likeness (QED) is 0.560. The van der Waals surface area contributed by atoms with Crippen molar-refractivity contribution in [3.8, 4) is 0 Å². The number of halogens is 10. The van der Waals surface area contributed by atoms with E-state index < -0.39 is 43.0 Å². The standard InChI is InChI=1S/C10H12F10/c1-2-3-4-6(8(13,14)10(18,19)20)5-7(11,12)9(15,16)17/h6H,2-5H2,1H3. The molecule has 0 aliphatic carbocycles. The zero-order valence-corrected chi connectivity index (χ0v) is 10.2. The maximum absolute atomic E-state index is 13.0. The van der Waals surface area contributed by atoms with Gasteiger partial charge in [0.2, 0.25) is 0 Å². The molecule has 0 spiro atoms. The van der Waals surface area contributed by atoms with Crippen molar-refractivity contribution in [1.82, 2.24) is 0 Å². The molecule has 0 saturated carbocycles. The molecule has 1 atom stereocenters. The van der Waals surface area contributed by atoms with Gasteiger partial charge in [0, 0.05) is 12.3 Å². The fourth-order valence-electron chi connectivity index (χ4n) is 1.52. The molecule has 0 amide bonds. The average Bonchev–Trinajstić information content (AvgIpc) is 2.20. The summed E-state index contributed by atoms with van der Waals surface area (Å²) in [5.41, 5.74) is 0. The lowest BCUT2D eigenvalue weighted by Crippen LogP contribution is -2.48. The van der Waals surface area contributed by atoms with Gasteiger partial charge in [-0.05, 0) is 6.42 Å². The highest BCUT2D eigenvalue weighted by atomic mass is 19.4. The lowest BCUT2D eigenvalue weighted by molar-refractivity contribution is -0.328. The number of alkyl halides is 10. The Morgan fingerprint density at radius 2 is 1.20 bits per heavy atom. The van der Waals surface area contributed by atoms with Crippen LogP contribution in [0.4, 0.5) is 43.9 Å². The maximum Gasteiger partial charge on any atom is 0.453 e. The van der Waals surface area contributed by atoms with Crippen LogP contribution in [0.5, 0.6) is 0 Å². The van der Waals surface area contributed by atoms with E-state index in [1.54, 1.807) is 0 Å². The van der Waals surface area contributed by atoms with Gasteiger partial charge >= 0.3 is 24.2 Å². The molecule has 0 nitrogen and oxygen atoms in total. The van der Waals surface area contributed by atoms with E-state index in [0.29, 0.717) is 0 Å². The summed E-state index contributed by atoms with van der Waals surface area (Å²) in [7, 11) is 0. The van der Waals surface area contributed by atoms with Gasteiger partial charge in [-0.1, -0.05) is 19.8 Å². The first kappa shape index (κ1) is 19.3. The van der Waals surface area contributed by atoms with Crippen LogP contribution in [0.25, 0.3) is 0 Å². The number of rotatable bonds is 6. The number of hydrogen-bond donors (Lipinski definition) is 0. The molecule has 0 radical (unpaired) electrons. The summed E-state index contributed by atoms with van der Waals surface area (Å²) >= 11 is 0. The van der Waals surface area contributed by atoms with Crippen LogP contribution in [0.15, 0.2) is 0 Å². The van der Waals surface area contributed by atoms with E-state index in [2.05, 4.69) is 0 Å². The second kappa shape index (κ2) is 5.97. The van der Waals surface area contributed by atoms with Gasteiger partial charge in [-0.2, -0.15) is 43.9 Å². The van der Waals surface area contributed by atoms with Gasteiger partial charge < -0.3 is 0 Å². The highest BCUT2D eigenvalue weighted by Crippen LogP contribution is 2.49. The molecule has 0 fully saturated rings. The monoisotopic (exact) mass is 322 g/mol. The Bertz CT molecular complexity index is 300. The summed E-state index contributed by atoms with van der Waals surface area (Å²) in [6.45, 7) is 1.38. The molecule has 122 valence electrons. The van der Waals surface area contributed by atoms with Crippen molar-refractivity contribution in [1.29, 1.82) is 0 Å². The Morgan fingerprint density at radius 3 is 1.50 bits per heavy atom. The van der Waals surface area contributed by atoms with Crippen LogP contribution < -0.4 is 0 Å². The second-order valence-electron chi connectivity index (χ2n) is 4.37. The van der Waals surface area contributed by atoms with Gasteiger partial charge in [0.05, 0.1) is 0 Å². The molecule has 20 heavy (non-hydrogen) atoms. The maximum atomic E-state index is 13.0. The summed E-state index contributed by atoms with van der Waals surface area (Å²) in [6.07, 6.45) is -16.2. The van der Waals surface area contributed by atoms with Crippen molar-refractivity contribution in [2.75, 3.05) is 0 Å². The third-order valence-corrected chi connectivity index (χ3v) is 2.71. The van der Waals surface area contributed by atoms with Crippen molar-refractivity contribution in [3.63, 3.8) is 0 Å². The number of hydrogen-bond acceptors (Lipinski definition) is 0. The summed E-state index contributed by atoms with van der Waals surface area (Å²) in [4.78, 5) is 0. The smallest absolute Gasteiger partial charge is 0.196 e. The summed E-state index contributed by atoms with van der Waals surface area (Å²) in [6, 6.07) is 0. The molecule has 1 unspecified atom stereocenters. The minimum atomic E-state index is -6.17. The molecule has 0 heterocycles. The summed E-state index contributed by atoms with van der Waals surface area (Å²) in [5, 5.41) is 0. The molecule has 0 aliphatic heterocycles.